The van der Waals surface area contributed by atoms with E-state index in [9.17, 15) is 4.79 Å². The van der Waals surface area contributed by atoms with Crippen molar-refractivity contribution >= 4 is 17.4 Å². The fourth-order valence-electron chi connectivity index (χ4n) is 2.21. The molecule has 4 heteroatoms. The molecule has 2 aromatic carbocycles. The topological polar surface area (TPSA) is 35.5 Å². The first-order valence-electron chi connectivity index (χ1n) is 6.55. The summed E-state index contributed by atoms with van der Waals surface area (Å²) in [5.74, 6) is 1.32. The molecule has 0 heterocycles. The van der Waals surface area contributed by atoms with Gasteiger partial charge in [-0.25, -0.2) is 0 Å². The molecule has 0 bridgehead atoms. The molecule has 0 saturated carbocycles. The molecule has 0 aliphatic heterocycles. The summed E-state index contributed by atoms with van der Waals surface area (Å²) in [6, 6.07) is 10.8. The number of methoxy groups -OCH3 is 2. The second-order valence-corrected chi connectivity index (χ2v) is 5.18. The molecule has 0 spiro atoms. The molecule has 0 radical (unpaired) electrons. The fraction of sp³-hybridized carbons (Fsp3) is 0.235. The number of Topliss-reactive ketones (excluding diaryl/α,β-unsaturated/α-hetero) is 1. The monoisotopic (exact) mass is 304 g/mol. The minimum Gasteiger partial charge on any atom is -0.493 e. The van der Waals surface area contributed by atoms with E-state index >= 15 is 0 Å². The molecular weight excluding hydrogens is 288 g/mol. The smallest absolute Gasteiger partial charge is 0.167 e. The van der Waals surface area contributed by atoms with Crippen LogP contribution in [0.1, 0.15) is 21.5 Å². The van der Waals surface area contributed by atoms with Crippen molar-refractivity contribution in [3.63, 3.8) is 0 Å². The Balaban J connectivity index is 2.23. The summed E-state index contributed by atoms with van der Waals surface area (Å²) in [6.07, 6.45) is 0.308. The van der Waals surface area contributed by atoms with Crippen molar-refractivity contribution < 1.29 is 14.3 Å². The van der Waals surface area contributed by atoms with Gasteiger partial charge >= 0.3 is 0 Å². The summed E-state index contributed by atoms with van der Waals surface area (Å²) in [6.45, 7) is 1.88. The third kappa shape index (κ3) is 3.56. The van der Waals surface area contributed by atoms with Gasteiger partial charge in [0.15, 0.2) is 17.3 Å². The number of carbonyl (C=O) groups excluding carboxylic acids is 1. The molecule has 0 unspecified atom stereocenters. The summed E-state index contributed by atoms with van der Waals surface area (Å²) in [4.78, 5) is 12.4. The van der Waals surface area contributed by atoms with E-state index in [2.05, 4.69) is 0 Å². The second kappa shape index (κ2) is 6.64. The number of aryl methyl sites for hydroxylation is 1. The van der Waals surface area contributed by atoms with Gasteiger partial charge in [0, 0.05) is 17.0 Å². The maximum atomic E-state index is 12.4. The van der Waals surface area contributed by atoms with Crippen LogP contribution in [0, 0.1) is 6.92 Å². The fourth-order valence-corrected chi connectivity index (χ4v) is 2.44. The van der Waals surface area contributed by atoms with Crippen molar-refractivity contribution in [2.45, 2.75) is 13.3 Å². The van der Waals surface area contributed by atoms with Gasteiger partial charge in [0.05, 0.1) is 14.2 Å². The minimum atomic E-state index is 0.0522. The van der Waals surface area contributed by atoms with Crippen LogP contribution in [0.4, 0.5) is 0 Å². The van der Waals surface area contributed by atoms with Crippen LogP contribution < -0.4 is 9.47 Å². The van der Waals surface area contributed by atoms with Gasteiger partial charge in [-0.05, 0) is 48.4 Å². The molecule has 0 amide bonds. The van der Waals surface area contributed by atoms with Crippen molar-refractivity contribution in [2.24, 2.45) is 0 Å². The highest BCUT2D eigenvalue weighted by Gasteiger charge is 2.12. The maximum Gasteiger partial charge on any atom is 0.167 e. The molecule has 0 atom stereocenters. The molecule has 110 valence electrons. The van der Waals surface area contributed by atoms with Gasteiger partial charge in [0.2, 0.25) is 0 Å². The third-order valence-corrected chi connectivity index (χ3v) is 3.54. The first-order chi connectivity index (χ1) is 10.0. The van der Waals surface area contributed by atoms with Crippen LogP contribution in [0.15, 0.2) is 36.4 Å². The van der Waals surface area contributed by atoms with Crippen LogP contribution in [0.2, 0.25) is 5.02 Å². The van der Waals surface area contributed by atoms with E-state index in [0.29, 0.717) is 28.5 Å². The Bertz CT molecular complexity index is 665. The van der Waals surface area contributed by atoms with Gasteiger partial charge in [-0.15, -0.1) is 0 Å². The Hall–Kier alpha value is -2.00. The number of benzene rings is 2. The molecule has 0 aromatic heterocycles. The molecule has 2 aromatic rings. The van der Waals surface area contributed by atoms with E-state index in [1.54, 1.807) is 38.5 Å². The van der Waals surface area contributed by atoms with Crippen molar-refractivity contribution in [1.29, 1.82) is 0 Å². The SMILES string of the molecule is COc1ccc(CC(=O)c2ccc(Cl)cc2C)cc1OC. The molecular formula is C17H17ClO3. The Morgan fingerprint density at radius 1 is 1.05 bits per heavy atom. The highest BCUT2D eigenvalue weighted by Crippen LogP contribution is 2.28. The van der Waals surface area contributed by atoms with Crippen LogP contribution in [0.25, 0.3) is 0 Å². The predicted octanol–water partition coefficient (Wildman–Crippen LogP) is 4.09. The van der Waals surface area contributed by atoms with Gasteiger partial charge in [-0.3, -0.25) is 4.79 Å². The van der Waals surface area contributed by atoms with Crippen molar-refractivity contribution in [3.05, 3.63) is 58.1 Å². The highest BCUT2D eigenvalue weighted by atomic mass is 35.5. The van der Waals surface area contributed by atoms with E-state index in [1.165, 1.54) is 0 Å². The van der Waals surface area contributed by atoms with Gasteiger partial charge < -0.3 is 9.47 Å². The Morgan fingerprint density at radius 3 is 2.38 bits per heavy atom. The molecule has 3 nitrogen and oxygen atoms in total. The lowest BCUT2D eigenvalue weighted by Gasteiger charge is -2.10. The Morgan fingerprint density at radius 2 is 1.76 bits per heavy atom. The van der Waals surface area contributed by atoms with Crippen molar-refractivity contribution in [3.8, 4) is 11.5 Å². The Kier molecular flexibility index (Phi) is 4.86. The average Bonchev–Trinajstić information content (AvgIpc) is 2.46. The third-order valence-electron chi connectivity index (χ3n) is 3.30. The normalized spacial score (nSPS) is 10.3. The largest absolute Gasteiger partial charge is 0.493 e. The average molecular weight is 305 g/mol. The van der Waals surface area contributed by atoms with E-state index < -0.39 is 0 Å². The van der Waals surface area contributed by atoms with Gasteiger partial charge in [-0.2, -0.15) is 0 Å². The van der Waals surface area contributed by atoms with E-state index in [4.69, 9.17) is 21.1 Å². The molecule has 21 heavy (non-hydrogen) atoms. The number of carbonyl (C=O) groups is 1. The molecule has 0 aliphatic rings. The van der Waals surface area contributed by atoms with E-state index in [1.807, 2.05) is 19.1 Å². The van der Waals surface area contributed by atoms with Crippen LogP contribution in [0.5, 0.6) is 11.5 Å². The number of hydrogen-bond donors (Lipinski definition) is 0. The summed E-state index contributed by atoms with van der Waals surface area (Å²) >= 11 is 5.91. The zero-order valence-corrected chi connectivity index (χ0v) is 13.0. The molecule has 0 aliphatic carbocycles. The summed E-state index contributed by atoms with van der Waals surface area (Å²) < 4.78 is 10.4. The van der Waals surface area contributed by atoms with Crippen LogP contribution in [0.3, 0.4) is 0 Å². The van der Waals surface area contributed by atoms with Crippen molar-refractivity contribution in [2.75, 3.05) is 14.2 Å². The predicted molar refractivity (Wildman–Crippen MR) is 83.8 cm³/mol. The van der Waals surface area contributed by atoms with Crippen molar-refractivity contribution in [1.82, 2.24) is 0 Å². The lowest BCUT2D eigenvalue weighted by molar-refractivity contribution is 0.0992. The van der Waals surface area contributed by atoms with Crippen LogP contribution in [-0.2, 0) is 6.42 Å². The zero-order chi connectivity index (χ0) is 15.4. The number of ether oxygens (including phenoxy) is 2. The highest BCUT2D eigenvalue weighted by molar-refractivity contribution is 6.30. The molecule has 0 saturated heterocycles. The Labute approximate surface area is 129 Å². The van der Waals surface area contributed by atoms with Gasteiger partial charge in [-0.1, -0.05) is 17.7 Å². The first kappa shape index (κ1) is 15.4. The number of hydrogen-bond acceptors (Lipinski definition) is 3. The lowest BCUT2D eigenvalue weighted by atomic mass is 9.99. The van der Waals surface area contributed by atoms with E-state index in [0.717, 1.165) is 11.1 Å². The second-order valence-electron chi connectivity index (χ2n) is 4.75. The summed E-state index contributed by atoms with van der Waals surface area (Å²) in [5.41, 5.74) is 2.45. The van der Waals surface area contributed by atoms with E-state index in [-0.39, 0.29) is 5.78 Å². The van der Waals surface area contributed by atoms with Crippen LogP contribution >= 0.6 is 11.6 Å². The minimum absolute atomic E-state index is 0.0522. The summed E-state index contributed by atoms with van der Waals surface area (Å²) in [5, 5.41) is 0.634. The standard InChI is InChI=1S/C17H17ClO3/c1-11-8-13(18)5-6-14(11)15(19)9-12-4-7-16(20-2)17(10-12)21-3/h4-8,10H,9H2,1-3H3. The lowest BCUT2D eigenvalue weighted by Crippen LogP contribution is -2.06. The summed E-state index contributed by atoms with van der Waals surface area (Å²) in [7, 11) is 3.16. The first-order valence-corrected chi connectivity index (χ1v) is 6.93. The van der Waals surface area contributed by atoms with Gasteiger partial charge in [0.1, 0.15) is 0 Å². The van der Waals surface area contributed by atoms with Crippen LogP contribution in [-0.4, -0.2) is 20.0 Å². The molecule has 0 N–H and O–H groups in total. The number of halogens is 1. The number of ketones is 1. The quantitative estimate of drug-likeness (QED) is 0.780. The number of rotatable bonds is 5. The zero-order valence-electron chi connectivity index (χ0n) is 12.3. The molecule has 2 rings (SSSR count). The van der Waals surface area contributed by atoms with Gasteiger partial charge in [0.25, 0.3) is 0 Å². The maximum absolute atomic E-state index is 12.4. The molecule has 0 fully saturated rings.